The van der Waals surface area contributed by atoms with Crippen LogP contribution in [0.2, 0.25) is 0 Å². The molecule has 0 N–H and O–H groups in total. The Balaban J connectivity index is 0.000000161. The van der Waals surface area contributed by atoms with Crippen molar-refractivity contribution in [2.24, 2.45) is 0 Å². The lowest BCUT2D eigenvalue weighted by atomic mass is 9.81. The highest BCUT2D eigenvalue weighted by Crippen LogP contribution is 2.53. The highest BCUT2D eigenvalue weighted by molar-refractivity contribution is 14.1. The van der Waals surface area contributed by atoms with E-state index in [9.17, 15) is 0 Å². The van der Waals surface area contributed by atoms with Crippen LogP contribution in [0.5, 0.6) is 0 Å². The summed E-state index contributed by atoms with van der Waals surface area (Å²) in [7, 11) is 0. The summed E-state index contributed by atoms with van der Waals surface area (Å²) in [6, 6.07) is 20.5. The minimum absolute atomic E-state index is 0.543. The van der Waals surface area contributed by atoms with Gasteiger partial charge in [-0.05, 0) is 184 Å². The third-order valence-electron chi connectivity index (χ3n) is 16.7. The number of allylic oxidation sites excluding steroid dienone is 4. The molecule has 0 fully saturated rings. The molecule has 394 valence electrons. The highest BCUT2D eigenvalue weighted by Gasteiger charge is 2.60. The van der Waals surface area contributed by atoms with Crippen molar-refractivity contribution in [3.63, 3.8) is 0 Å². The average molecular weight is 1250 g/mol. The van der Waals surface area contributed by atoms with E-state index in [0.29, 0.717) is 11.4 Å². The van der Waals surface area contributed by atoms with Gasteiger partial charge < -0.3 is 35.2 Å². The molecule has 0 amide bonds. The Morgan fingerprint density at radius 2 is 0.947 bits per heavy atom. The van der Waals surface area contributed by atoms with Crippen LogP contribution in [0, 0.1) is 39.7 Å². The summed E-state index contributed by atoms with van der Waals surface area (Å²) in [6.45, 7) is -1.68. The Morgan fingerprint density at radius 1 is 0.513 bits per heavy atom. The molecule has 0 radical (unpaired) electrons. The maximum atomic E-state index is 17.4. The number of hydrogen-bond donors (Lipinski definition) is 0. The fraction of sp³-hybridized carbons (Fsp3) is 0.438. The van der Waals surface area contributed by atoms with Gasteiger partial charge in [-0.25, -0.2) is 0 Å². The number of hydrogen-bond acceptors (Lipinski definition) is 0. The van der Waals surface area contributed by atoms with E-state index in [4.69, 9.17) is 6.42 Å². The van der Waals surface area contributed by atoms with Gasteiger partial charge >= 0.3 is 13.9 Å². The van der Waals surface area contributed by atoms with Gasteiger partial charge in [0, 0.05) is 75.5 Å². The van der Waals surface area contributed by atoms with Crippen LogP contribution in [0.4, 0.5) is 17.3 Å². The van der Waals surface area contributed by atoms with Crippen molar-refractivity contribution in [2.75, 3.05) is 0 Å². The van der Waals surface area contributed by atoms with Gasteiger partial charge in [-0.3, -0.25) is 0 Å². The van der Waals surface area contributed by atoms with Gasteiger partial charge in [0.25, 0.3) is 0 Å². The van der Waals surface area contributed by atoms with Crippen LogP contribution in [0.25, 0.3) is 11.1 Å². The molecule has 76 heavy (non-hydrogen) atoms. The maximum absolute atomic E-state index is 17.4. The molecule has 12 rings (SSSR count). The molecular weight excluding hydrogens is 1180 g/mol. The van der Waals surface area contributed by atoms with Crippen molar-refractivity contribution in [1.29, 1.82) is 0 Å². The first-order valence-corrected chi connectivity index (χ1v) is 30.9. The van der Waals surface area contributed by atoms with Gasteiger partial charge in [-0.2, -0.15) is 0 Å². The number of benzene rings is 2. The Hall–Kier alpha value is -4.71. The van der Waals surface area contributed by atoms with Gasteiger partial charge in [-0.15, -0.1) is 12.3 Å². The monoisotopic (exact) mass is 1250 g/mol. The summed E-state index contributed by atoms with van der Waals surface area (Å²) in [5.41, 5.74) is 17.1. The van der Waals surface area contributed by atoms with E-state index in [1.165, 1.54) is 30.8 Å². The van der Waals surface area contributed by atoms with Crippen molar-refractivity contribution in [1.82, 2.24) is 8.96 Å². The topological polar surface area (TPSA) is 15.9 Å². The van der Waals surface area contributed by atoms with E-state index in [2.05, 4.69) is 120 Å². The van der Waals surface area contributed by atoms with E-state index in [-0.39, 0.29) is 0 Å². The largest absolute Gasteiger partial charge is 0.738 e. The minimum Gasteiger partial charge on any atom is -0.389 e. The van der Waals surface area contributed by atoms with E-state index < -0.39 is 13.9 Å². The Morgan fingerprint density at radius 3 is 1.50 bits per heavy atom. The fourth-order valence-corrected chi connectivity index (χ4v) is 15.4. The summed E-state index contributed by atoms with van der Waals surface area (Å²) in [5.74, 6) is 15.7. The number of fused-ring (bicyclic) bond motifs is 10. The van der Waals surface area contributed by atoms with Gasteiger partial charge in [0.05, 0.1) is 20.5 Å². The lowest BCUT2D eigenvalue weighted by molar-refractivity contribution is -0.362. The van der Waals surface area contributed by atoms with E-state index >= 15 is 17.3 Å². The van der Waals surface area contributed by atoms with Crippen molar-refractivity contribution in [3.05, 3.63) is 149 Å². The normalized spacial score (nSPS) is 19.2. The highest BCUT2D eigenvalue weighted by atomic mass is 127. The zero-order valence-corrected chi connectivity index (χ0v) is 49.1. The van der Waals surface area contributed by atoms with Crippen molar-refractivity contribution >= 4 is 79.7 Å². The van der Waals surface area contributed by atoms with Gasteiger partial charge in [0.1, 0.15) is 0 Å². The Kier molecular flexibility index (Phi) is 17.0. The third-order valence-corrected chi connectivity index (χ3v) is 19.0. The van der Waals surface area contributed by atoms with Crippen LogP contribution >= 0.6 is 45.2 Å². The van der Waals surface area contributed by atoms with Gasteiger partial charge in [-0.1, -0.05) is 118 Å². The zero-order valence-electron chi connectivity index (χ0n) is 44.7. The smallest absolute Gasteiger partial charge is 0.389 e. The standard InChI is InChI=1S/C35H39BF2N2.C23H21BF2I2N2.C6H10/c1-3-5-7-12-24-31-27-20-14-16-22-29(27)34-33(26-18-10-9-11-19-26)35-30-23-17-15-21-28(30)32(25-13-8-6-4-2)40(35)36(37,38)39(31)34;25-24(26)29-20(15-10-4-6-12-17(15)22(29)27)19(14-8-2-1-3-9-14)21-16-11-5-7-13-18(16)23(28)30(21)24;1-3-5-6-4-2/h9-11,18-19H,3-8,14-17,20-23H2,1-2H3;1-3,8-9H,4-7,10-13H2;1H,4-6H2,2H3. The van der Waals surface area contributed by atoms with E-state index in [1.807, 2.05) is 36.4 Å². The molecule has 2 aromatic carbocycles. The Labute approximate surface area is 477 Å². The number of nitrogens with zero attached hydrogens (tertiary/aromatic N) is 4. The number of rotatable bonds is 8. The van der Waals surface area contributed by atoms with Gasteiger partial charge in [0.15, 0.2) is 15.1 Å². The summed E-state index contributed by atoms with van der Waals surface area (Å²) >= 11 is 4.37. The minimum atomic E-state index is -4.17. The van der Waals surface area contributed by atoms with E-state index in [0.717, 1.165) is 245 Å². The second-order valence-corrected chi connectivity index (χ2v) is 23.6. The molecule has 12 heteroatoms. The molecule has 2 aromatic heterocycles. The first-order valence-electron chi connectivity index (χ1n) is 28.7. The average Bonchev–Trinajstić information content (AvgIpc) is 4.30. The van der Waals surface area contributed by atoms with Crippen molar-refractivity contribution < 1.29 is 26.2 Å². The maximum Gasteiger partial charge on any atom is 0.738 e. The third kappa shape index (κ3) is 9.72. The molecule has 0 spiro atoms. The van der Waals surface area contributed by atoms with Crippen LogP contribution in [-0.2, 0) is 25.7 Å². The zero-order chi connectivity index (χ0) is 53.1. The van der Waals surface area contributed by atoms with Crippen LogP contribution < -0.4 is 0 Å². The number of unbranched alkanes of at least 4 members (excludes halogenated alkanes) is 6. The first-order chi connectivity index (χ1) is 37.0. The molecule has 0 bridgehead atoms. The summed E-state index contributed by atoms with van der Waals surface area (Å²) in [5, 5.41) is 0. The van der Waals surface area contributed by atoms with Crippen molar-refractivity contribution in [3.8, 4) is 36.0 Å². The summed E-state index contributed by atoms with van der Waals surface area (Å²) in [4.78, 5) is 0. The molecule has 0 saturated heterocycles. The van der Waals surface area contributed by atoms with Gasteiger partial charge in [0.2, 0.25) is 5.71 Å². The van der Waals surface area contributed by atoms with Crippen LogP contribution in [-0.4, -0.2) is 41.3 Å². The first kappa shape index (κ1) is 54.6. The van der Waals surface area contributed by atoms with Crippen molar-refractivity contribution in [2.45, 2.75) is 181 Å². The number of halogens is 6. The number of terminal acetylenes is 1. The molecule has 8 aliphatic rings. The molecule has 4 aliphatic carbocycles. The lowest BCUT2D eigenvalue weighted by Crippen LogP contribution is -2.52. The second-order valence-electron chi connectivity index (χ2n) is 21.6. The molecule has 4 nitrogen and oxygen atoms in total. The predicted molar refractivity (Wildman–Crippen MR) is 324 cm³/mol. The molecule has 4 aliphatic heterocycles. The predicted octanol–water partition coefficient (Wildman–Crippen LogP) is 16.9. The van der Waals surface area contributed by atoms with E-state index in [1.54, 1.807) is 0 Å². The Bertz CT molecular complexity index is 3320. The molecule has 0 saturated carbocycles. The molecule has 0 unspecified atom stereocenters. The van der Waals surface area contributed by atoms with Crippen LogP contribution in [0.15, 0.2) is 94.4 Å². The lowest BCUT2D eigenvalue weighted by Gasteiger charge is -2.34. The quantitative estimate of drug-likeness (QED) is 0.0550. The molecule has 4 aromatic rings. The summed E-state index contributed by atoms with van der Waals surface area (Å²) in [6.07, 6.45) is 29.2. The second kappa shape index (κ2) is 23.7. The van der Waals surface area contributed by atoms with Crippen LogP contribution in [0.1, 0.15) is 206 Å². The molecule has 6 heterocycles. The molecule has 0 atom stereocenters. The summed E-state index contributed by atoms with van der Waals surface area (Å²) < 4.78 is 74.5. The van der Waals surface area contributed by atoms with Crippen LogP contribution in [0.3, 0.4) is 0 Å². The number of aromatic nitrogens is 2. The molecular formula is C64H70B2F4I2N4. The SMILES string of the molecule is C#CCCCC.CCCCC#CC1=[N+]2C(=C(c3ccccc3)c3c4c(c(C#CCCCC)n3[B-]2(F)F)CCCC4)C2=C1CCCC2.F[B-]1(F)n2c(I)c3c(c2C(c2ccccc2)=C2C4=C(CCCC4)C(I)=[N+]21)CCCC3. The fourth-order valence-electron chi connectivity index (χ4n) is 13.1.